The van der Waals surface area contributed by atoms with Gasteiger partial charge in [0.15, 0.2) is 5.78 Å². The molecule has 1 aromatic heterocycles. The average Bonchev–Trinajstić information content (AvgIpc) is 2.60. The fraction of sp³-hybridized carbons (Fsp3) is 0.389. The predicted molar refractivity (Wildman–Crippen MR) is 103 cm³/mol. The fourth-order valence-corrected chi connectivity index (χ4v) is 3.04. The number of aromatic nitrogens is 2. The summed E-state index contributed by atoms with van der Waals surface area (Å²) in [5.41, 5.74) is 4.65. The molecule has 1 heterocycles. The Labute approximate surface area is 160 Å². The van der Waals surface area contributed by atoms with E-state index in [0.717, 1.165) is 4.57 Å². The smallest absolute Gasteiger partial charge is 0.332 e. The number of nitrogen functional groups attached to an aromatic ring is 1. The maximum absolute atomic E-state index is 13.9. The van der Waals surface area contributed by atoms with Gasteiger partial charge in [-0.3, -0.25) is 23.6 Å². The summed E-state index contributed by atoms with van der Waals surface area (Å²) in [6.07, 6.45) is 0.613. The van der Waals surface area contributed by atoms with E-state index < -0.39 is 22.8 Å². The van der Waals surface area contributed by atoms with E-state index in [1.165, 1.54) is 28.6 Å². The van der Waals surface area contributed by atoms with Gasteiger partial charge in [0, 0.05) is 30.7 Å². The van der Waals surface area contributed by atoms with E-state index >= 15 is 0 Å². The van der Waals surface area contributed by atoms with Crippen molar-refractivity contribution < 1.29 is 9.18 Å². The van der Waals surface area contributed by atoms with Gasteiger partial charge in [0.2, 0.25) is 0 Å². The van der Waals surface area contributed by atoms with Crippen molar-refractivity contribution in [1.82, 2.24) is 14.0 Å². The summed E-state index contributed by atoms with van der Waals surface area (Å²) in [5, 5.41) is 0.251. The zero-order chi connectivity index (χ0) is 20.3. The molecule has 0 aliphatic heterocycles. The maximum Gasteiger partial charge on any atom is 0.332 e. The van der Waals surface area contributed by atoms with Crippen LogP contribution >= 0.6 is 11.6 Å². The second-order valence-electron chi connectivity index (χ2n) is 6.35. The molecule has 9 heteroatoms. The molecule has 0 unspecified atom stereocenters. The number of nitrogens with zero attached hydrogens (tertiary/aromatic N) is 3. The summed E-state index contributed by atoms with van der Waals surface area (Å²) in [5.74, 6) is -1.17. The van der Waals surface area contributed by atoms with Gasteiger partial charge in [-0.25, -0.2) is 9.18 Å². The van der Waals surface area contributed by atoms with Gasteiger partial charge in [-0.15, -0.1) is 0 Å². The monoisotopic (exact) mass is 396 g/mol. The third-order valence-electron chi connectivity index (χ3n) is 4.21. The van der Waals surface area contributed by atoms with Gasteiger partial charge in [0.05, 0.1) is 6.54 Å². The van der Waals surface area contributed by atoms with Crippen LogP contribution in [-0.2, 0) is 20.1 Å². The topological polar surface area (TPSA) is 90.3 Å². The van der Waals surface area contributed by atoms with Crippen LogP contribution in [0.4, 0.5) is 10.2 Å². The van der Waals surface area contributed by atoms with Gasteiger partial charge in [-0.05, 0) is 25.6 Å². The number of benzene rings is 1. The molecule has 7 nitrogen and oxygen atoms in total. The van der Waals surface area contributed by atoms with Crippen LogP contribution in [-0.4, -0.2) is 33.4 Å². The molecule has 0 atom stereocenters. The quantitative estimate of drug-likeness (QED) is 0.718. The van der Waals surface area contributed by atoms with Crippen molar-refractivity contribution in [2.24, 2.45) is 7.05 Å². The Morgan fingerprint density at radius 1 is 1.33 bits per heavy atom. The number of Topliss-reactive ketones (excluding diaryl/α,β-unsaturated/α-hetero) is 1. The Balaban J connectivity index is 2.33. The van der Waals surface area contributed by atoms with Crippen molar-refractivity contribution in [2.75, 3.05) is 19.3 Å². The van der Waals surface area contributed by atoms with E-state index in [0.29, 0.717) is 13.0 Å². The molecular formula is C18H22ClFN4O3. The summed E-state index contributed by atoms with van der Waals surface area (Å²) in [6.45, 7) is 2.03. The summed E-state index contributed by atoms with van der Waals surface area (Å²) >= 11 is 6.01. The zero-order valence-electron chi connectivity index (χ0n) is 15.5. The lowest BCUT2D eigenvalue weighted by Gasteiger charge is -2.19. The van der Waals surface area contributed by atoms with Crippen LogP contribution in [0.3, 0.4) is 0 Å². The number of carbonyl (C=O) groups is 1. The summed E-state index contributed by atoms with van der Waals surface area (Å²) < 4.78 is 16.0. The van der Waals surface area contributed by atoms with Gasteiger partial charge in [0.1, 0.15) is 17.2 Å². The van der Waals surface area contributed by atoms with Crippen LogP contribution in [0, 0.1) is 5.82 Å². The second-order valence-corrected chi connectivity index (χ2v) is 6.76. The van der Waals surface area contributed by atoms with E-state index in [1.807, 2.05) is 6.92 Å². The largest absolute Gasteiger partial charge is 0.384 e. The highest BCUT2D eigenvalue weighted by atomic mass is 35.5. The number of nitrogens with two attached hydrogens (primary N) is 1. The first-order chi connectivity index (χ1) is 12.7. The molecule has 146 valence electrons. The van der Waals surface area contributed by atoms with Gasteiger partial charge in [-0.1, -0.05) is 24.6 Å². The molecule has 0 saturated carbocycles. The van der Waals surface area contributed by atoms with Crippen LogP contribution in [0.5, 0.6) is 0 Å². The highest BCUT2D eigenvalue weighted by Crippen LogP contribution is 2.20. The summed E-state index contributed by atoms with van der Waals surface area (Å²) in [7, 11) is 2.90. The Hall–Kier alpha value is -2.45. The number of ketones is 1. The SMILES string of the molecule is CCCn1c(N)c(C(=O)CN(C)Cc2c(F)cccc2Cl)c(=O)n(C)c1=O. The zero-order valence-corrected chi connectivity index (χ0v) is 16.2. The summed E-state index contributed by atoms with van der Waals surface area (Å²) in [6, 6.07) is 4.34. The lowest BCUT2D eigenvalue weighted by molar-refractivity contribution is 0.0940. The number of hydrogen-bond acceptors (Lipinski definition) is 5. The first-order valence-electron chi connectivity index (χ1n) is 8.42. The molecule has 0 aliphatic carbocycles. The van der Waals surface area contributed by atoms with Crippen molar-refractivity contribution >= 4 is 23.2 Å². The third-order valence-corrected chi connectivity index (χ3v) is 4.57. The highest BCUT2D eigenvalue weighted by molar-refractivity contribution is 6.31. The molecule has 0 aliphatic rings. The lowest BCUT2D eigenvalue weighted by Crippen LogP contribution is -2.43. The molecular weight excluding hydrogens is 375 g/mol. The van der Waals surface area contributed by atoms with E-state index in [2.05, 4.69) is 0 Å². The first kappa shape index (κ1) is 20.9. The molecule has 1 aromatic carbocycles. The normalized spacial score (nSPS) is 11.2. The Morgan fingerprint density at radius 2 is 2.00 bits per heavy atom. The van der Waals surface area contributed by atoms with Crippen molar-refractivity contribution in [1.29, 1.82) is 0 Å². The van der Waals surface area contributed by atoms with E-state index in [4.69, 9.17) is 17.3 Å². The predicted octanol–water partition coefficient (Wildman–Crippen LogP) is 1.65. The van der Waals surface area contributed by atoms with E-state index in [9.17, 15) is 18.8 Å². The number of anilines is 1. The van der Waals surface area contributed by atoms with E-state index in [-0.39, 0.29) is 35.1 Å². The number of likely N-dealkylation sites (N-methyl/N-ethyl adjacent to an activating group) is 1. The van der Waals surface area contributed by atoms with Crippen LogP contribution in [0.25, 0.3) is 0 Å². The van der Waals surface area contributed by atoms with E-state index in [1.54, 1.807) is 13.1 Å². The number of hydrogen-bond donors (Lipinski definition) is 1. The van der Waals surface area contributed by atoms with Gasteiger partial charge >= 0.3 is 5.69 Å². The van der Waals surface area contributed by atoms with Crippen molar-refractivity contribution in [3.8, 4) is 0 Å². The van der Waals surface area contributed by atoms with Gasteiger partial charge in [0.25, 0.3) is 5.56 Å². The van der Waals surface area contributed by atoms with Crippen molar-refractivity contribution in [2.45, 2.75) is 26.4 Å². The molecule has 0 saturated heterocycles. The third kappa shape index (κ3) is 4.28. The standard InChI is InChI=1S/C18H22ClFN4O3/c1-4-8-24-16(21)15(17(26)23(3)18(24)27)14(25)10-22(2)9-11-12(19)6-5-7-13(11)20/h5-7H,4,8-10,21H2,1-3H3. The summed E-state index contributed by atoms with van der Waals surface area (Å²) in [4.78, 5) is 38.8. The molecule has 2 N–H and O–H groups in total. The Kier molecular flexibility index (Phi) is 6.56. The minimum Gasteiger partial charge on any atom is -0.384 e. The Bertz CT molecular complexity index is 964. The van der Waals surface area contributed by atoms with Crippen molar-refractivity contribution in [3.05, 3.63) is 61.0 Å². The van der Waals surface area contributed by atoms with Gasteiger partial charge in [-0.2, -0.15) is 0 Å². The molecule has 0 fully saturated rings. The first-order valence-corrected chi connectivity index (χ1v) is 8.80. The Morgan fingerprint density at radius 3 is 2.59 bits per heavy atom. The molecule has 0 bridgehead atoms. The molecule has 2 aromatic rings. The lowest BCUT2D eigenvalue weighted by atomic mass is 10.1. The maximum atomic E-state index is 13.9. The molecule has 0 amide bonds. The molecule has 0 spiro atoms. The van der Waals surface area contributed by atoms with Crippen LogP contribution in [0.15, 0.2) is 27.8 Å². The van der Waals surface area contributed by atoms with Crippen LogP contribution < -0.4 is 17.0 Å². The average molecular weight is 397 g/mol. The number of halogens is 2. The molecule has 2 rings (SSSR count). The number of rotatable bonds is 7. The van der Waals surface area contributed by atoms with Gasteiger partial charge < -0.3 is 5.73 Å². The van der Waals surface area contributed by atoms with Crippen LogP contribution in [0.1, 0.15) is 29.3 Å². The highest BCUT2D eigenvalue weighted by Gasteiger charge is 2.22. The second kappa shape index (κ2) is 8.49. The van der Waals surface area contributed by atoms with Crippen LogP contribution in [0.2, 0.25) is 5.02 Å². The fourth-order valence-electron chi connectivity index (χ4n) is 2.82. The minimum absolute atomic E-state index is 0.0755. The molecule has 0 radical (unpaired) electrons. The minimum atomic E-state index is -0.743. The molecule has 27 heavy (non-hydrogen) atoms. The number of carbonyl (C=O) groups excluding carboxylic acids is 1. The van der Waals surface area contributed by atoms with Crippen molar-refractivity contribution in [3.63, 3.8) is 0 Å².